The third-order valence-electron chi connectivity index (χ3n) is 3.48. The monoisotopic (exact) mass is 250 g/mol. The first kappa shape index (κ1) is 13.1. The summed E-state index contributed by atoms with van der Waals surface area (Å²) in [5.41, 5.74) is 5.53. The van der Waals surface area contributed by atoms with E-state index >= 15 is 0 Å². The normalized spacial score (nSPS) is 19.8. The van der Waals surface area contributed by atoms with Crippen LogP contribution in [-0.2, 0) is 0 Å². The summed E-state index contributed by atoms with van der Waals surface area (Å²) in [6, 6.07) is 1.59. The Morgan fingerprint density at radius 1 is 1.61 bits per heavy atom. The van der Waals surface area contributed by atoms with Crippen LogP contribution in [0, 0.1) is 5.92 Å². The number of nitrogens with zero attached hydrogens (tertiary/aromatic N) is 2. The SMILES string of the molecule is CC(C)c1nc(N2CCC(CCN)C2)cc(=O)[nH]1. The summed E-state index contributed by atoms with van der Waals surface area (Å²) in [6.07, 6.45) is 2.19. The highest BCUT2D eigenvalue weighted by Gasteiger charge is 2.23. The zero-order chi connectivity index (χ0) is 13.1. The van der Waals surface area contributed by atoms with Gasteiger partial charge in [0.05, 0.1) is 0 Å². The quantitative estimate of drug-likeness (QED) is 0.838. The van der Waals surface area contributed by atoms with Crippen LogP contribution in [0.3, 0.4) is 0 Å². The van der Waals surface area contributed by atoms with Gasteiger partial charge in [0.1, 0.15) is 11.6 Å². The second-order valence-corrected chi connectivity index (χ2v) is 5.32. The van der Waals surface area contributed by atoms with Gasteiger partial charge >= 0.3 is 0 Å². The molecule has 0 amide bonds. The molecular weight excluding hydrogens is 228 g/mol. The molecule has 2 rings (SSSR count). The number of aromatic nitrogens is 2. The van der Waals surface area contributed by atoms with E-state index in [1.54, 1.807) is 6.07 Å². The van der Waals surface area contributed by atoms with Crippen LogP contribution in [0.1, 0.15) is 38.4 Å². The predicted octanol–water partition coefficient (Wildman–Crippen LogP) is 1.07. The minimum Gasteiger partial charge on any atom is -0.356 e. The number of hydrogen-bond acceptors (Lipinski definition) is 4. The Kier molecular flexibility index (Phi) is 4.01. The van der Waals surface area contributed by atoms with Gasteiger partial charge in [0.2, 0.25) is 0 Å². The van der Waals surface area contributed by atoms with Gasteiger partial charge in [-0.2, -0.15) is 0 Å². The van der Waals surface area contributed by atoms with Crippen molar-refractivity contribution < 1.29 is 0 Å². The molecule has 1 aliphatic rings. The second-order valence-electron chi connectivity index (χ2n) is 5.32. The molecular formula is C13H22N4O. The Morgan fingerprint density at radius 3 is 3.06 bits per heavy atom. The first-order valence-corrected chi connectivity index (χ1v) is 6.66. The third kappa shape index (κ3) is 2.90. The molecule has 1 aromatic heterocycles. The van der Waals surface area contributed by atoms with Crippen LogP contribution in [0.25, 0.3) is 0 Å². The van der Waals surface area contributed by atoms with E-state index in [4.69, 9.17) is 5.73 Å². The molecule has 1 aromatic rings. The molecule has 1 aliphatic heterocycles. The summed E-state index contributed by atoms with van der Waals surface area (Å²) in [4.78, 5) is 21.2. The Balaban J connectivity index is 2.16. The highest BCUT2D eigenvalue weighted by Crippen LogP contribution is 2.23. The summed E-state index contributed by atoms with van der Waals surface area (Å²) >= 11 is 0. The van der Waals surface area contributed by atoms with Crippen molar-refractivity contribution >= 4 is 5.82 Å². The van der Waals surface area contributed by atoms with Gasteiger partial charge in [0.25, 0.3) is 5.56 Å². The summed E-state index contributed by atoms with van der Waals surface area (Å²) in [5, 5.41) is 0. The fourth-order valence-corrected chi connectivity index (χ4v) is 2.41. The first-order chi connectivity index (χ1) is 8.60. The number of hydrogen-bond donors (Lipinski definition) is 2. The van der Waals surface area contributed by atoms with Gasteiger partial charge in [-0.25, -0.2) is 4.98 Å². The van der Waals surface area contributed by atoms with Crippen molar-refractivity contribution in [2.75, 3.05) is 24.5 Å². The standard InChI is InChI=1S/C13H22N4O/c1-9(2)13-15-11(7-12(18)16-13)17-6-4-10(8-17)3-5-14/h7,9-10H,3-6,8,14H2,1-2H3,(H,15,16,18). The van der Waals surface area contributed by atoms with Crippen LogP contribution < -0.4 is 16.2 Å². The van der Waals surface area contributed by atoms with Gasteiger partial charge in [0, 0.05) is 25.1 Å². The number of H-pyrrole nitrogens is 1. The number of nitrogens with one attached hydrogen (secondary N) is 1. The van der Waals surface area contributed by atoms with Crippen molar-refractivity contribution in [3.8, 4) is 0 Å². The molecule has 100 valence electrons. The summed E-state index contributed by atoms with van der Waals surface area (Å²) in [5.74, 6) is 2.44. The van der Waals surface area contributed by atoms with Crippen molar-refractivity contribution in [2.24, 2.45) is 11.7 Å². The molecule has 5 nitrogen and oxygen atoms in total. The van der Waals surface area contributed by atoms with Crippen molar-refractivity contribution in [3.05, 3.63) is 22.2 Å². The minimum atomic E-state index is -0.0639. The number of nitrogens with two attached hydrogens (primary N) is 1. The average Bonchev–Trinajstić information content (AvgIpc) is 2.77. The van der Waals surface area contributed by atoms with E-state index in [0.29, 0.717) is 5.92 Å². The van der Waals surface area contributed by atoms with Gasteiger partial charge in [-0.3, -0.25) is 4.79 Å². The molecule has 1 saturated heterocycles. The molecule has 1 atom stereocenters. The highest BCUT2D eigenvalue weighted by atomic mass is 16.1. The molecule has 0 radical (unpaired) electrons. The molecule has 0 aromatic carbocycles. The van der Waals surface area contributed by atoms with E-state index in [0.717, 1.165) is 44.1 Å². The van der Waals surface area contributed by atoms with Crippen molar-refractivity contribution in [1.29, 1.82) is 0 Å². The van der Waals surface area contributed by atoms with Crippen molar-refractivity contribution in [1.82, 2.24) is 9.97 Å². The topological polar surface area (TPSA) is 75.0 Å². The number of aromatic amines is 1. The summed E-state index contributed by atoms with van der Waals surface area (Å²) < 4.78 is 0. The fourth-order valence-electron chi connectivity index (χ4n) is 2.41. The molecule has 3 N–H and O–H groups in total. The predicted molar refractivity (Wildman–Crippen MR) is 72.9 cm³/mol. The Bertz CT molecular complexity index is 455. The largest absolute Gasteiger partial charge is 0.356 e. The lowest BCUT2D eigenvalue weighted by Crippen LogP contribution is -2.25. The van der Waals surface area contributed by atoms with Crippen LogP contribution in [-0.4, -0.2) is 29.6 Å². The van der Waals surface area contributed by atoms with E-state index in [9.17, 15) is 4.79 Å². The zero-order valence-electron chi connectivity index (χ0n) is 11.1. The van der Waals surface area contributed by atoms with Crippen LogP contribution in [0.15, 0.2) is 10.9 Å². The molecule has 0 saturated carbocycles. The van der Waals surface area contributed by atoms with E-state index in [1.165, 1.54) is 0 Å². The highest BCUT2D eigenvalue weighted by molar-refractivity contribution is 5.39. The molecule has 18 heavy (non-hydrogen) atoms. The van der Waals surface area contributed by atoms with Crippen LogP contribution in [0.4, 0.5) is 5.82 Å². The molecule has 2 heterocycles. The van der Waals surface area contributed by atoms with Crippen molar-refractivity contribution in [2.45, 2.75) is 32.6 Å². The average molecular weight is 250 g/mol. The van der Waals surface area contributed by atoms with E-state index in [1.807, 2.05) is 13.8 Å². The number of rotatable bonds is 4. The Morgan fingerprint density at radius 2 is 2.39 bits per heavy atom. The summed E-state index contributed by atoms with van der Waals surface area (Å²) in [6.45, 7) is 6.73. The smallest absolute Gasteiger partial charge is 0.252 e. The lowest BCUT2D eigenvalue weighted by atomic mass is 10.1. The molecule has 1 unspecified atom stereocenters. The molecule has 0 spiro atoms. The lowest BCUT2D eigenvalue weighted by Gasteiger charge is -2.18. The van der Waals surface area contributed by atoms with Gasteiger partial charge in [-0.05, 0) is 25.3 Å². The van der Waals surface area contributed by atoms with Gasteiger partial charge in [-0.15, -0.1) is 0 Å². The van der Waals surface area contributed by atoms with E-state index in [-0.39, 0.29) is 11.5 Å². The third-order valence-corrected chi connectivity index (χ3v) is 3.48. The van der Waals surface area contributed by atoms with Crippen LogP contribution in [0.5, 0.6) is 0 Å². The van der Waals surface area contributed by atoms with E-state index < -0.39 is 0 Å². The minimum absolute atomic E-state index is 0.0639. The van der Waals surface area contributed by atoms with Gasteiger partial charge in [0.15, 0.2) is 0 Å². The van der Waals surface area contributed by atoms with Gasteiger partial charge in [-0.1, -0.05) is 13.8 Å². The van der Waals surface area contributed by atoms with Crippen LogP contribution >= 0.6 is 0 Å². The second kappa shape index (κ2) is 5.52. The first-order valence-electron chi connectivity index (χ1n) is 6.66. The maximum atomic E-state index is 11.6. The van der Waals surface area contributed by atoms with E-state index in [2.05, 4.69) is 14.9 Å². The maximum Gasteiger partial charge on any atom is 0.252 e. The Labute approximate surface area is 107 Å². The molecule has 5 heteroatoms. The molecule has 0 bridgehead atoms. The number of anilines is 1. The lowest BCUT2D eigenvalue weighted by molar-refractivity contribution is 0.546. The Hall–Kier alpha value is -1.36. The fraction of sp³-hybridized carbons (Fsp3) is 0.692. The van der Waals surface area contributed by atoms with Crippen LogP contribution in [0.2, 0.25) is 0 Å². The van der Waals surface area contributed by atoms with Gasteiger partial charge < -0.3 is 15.6 Å². The maximum absolute atomic E-state index is 11.6. The molecule has 1 fully saturated rings. The van der Waals surface area contributed by atoms with Crippen molar-refractivity contribution in [3.63, 3.8) is 0 Å². The zero-order valence-corrected chi connectivity index (χ0v) is 11.1. The summed E-state index contributed by atoms with van der Waals surface area (Å²) in [7, 11) is 0. The molecule has 0 aliphatic carbocycles.